The zero-order valence-corrected chi connectivity index (χ0v) is 11.8. The minimum absolute atomic E-state index is 0.0300. The quantitative estimate of drug-likeness (QED) is 0.687. The molecule has 1 saturated carbocycles. The van der Waals surface area contributed by atoms with Crippen LogP contribution in [0.25, 0.3) is 0 Å². The molecule has 1 rings (SSSR count). The van der Waals surface area contributed by atoms with Gasteiger partial charge in [0.15, 0.2) is 0 Å². The van der Waals surface area contributed by atoms with Crippen LogP contribution in [0.1, 0.15) is 25.7 Å². The molecule has 1 fully saturated rings. The third-order valence-corrected chi connectivity index (χ3v) is 5.49. The number of methoxy groups -OCH3 is 1. The maximum absolute atomic E-state index is 12.1. The van der Waals surface area contributed by atoms with Crippen LogP contribution in [0.5, 0.6) is 0 Å². The van der Waals surface area contributed by atoms with E-state index in [9.17, 15) is 13.2 Å². The highest BCUT2D eigenvalue weighted by molar-refractivity contribution is 7.89. The topological polar surface area (TPSA) is 89.7 Å². The highest BCUT2D eigenvalue weighted by Crippen LogP contribution is 2.30. The molecule has 1 aliphatic carbocycles. The number of carbonyl (C=O) groups excluding carboxylic acids is 1. The molecule has 7 heteroatoms. The van der Waals surface area contributed by atoms with E-state index < -0.39 is 16.0 Å². The number of rotatable bonds is 6. The lowest BCUT2D eigenvalue weighted by atomic mass is 10.0. The number of esters is 1. The molecule has 6 nitrogen and oxygen atoms in total. The number of hydrogen-bond acceptors (Lipinski definition) is 5. The zero-order valence-electron chi connectivity index (χ0n) is 11.0. The van der Waals surface area contributed by atoms with Crippen molar-refractivity contribution in [2.24, 2.45) is 11.7 Å². The van der Waals surface area contributed by atoms with Crippen LogP contribution in [-0.2, 0) is 19.6 Å². The Morgan fingerprint density at radius 2 is 2.11 bits per heavy atom. The summed E-state index contributed by atoms with van der Waals surface area (Å²) >= 11 is 0. The second-order valence-electron chi connectivity index (χ2n) is 4.65. The second kappa shape index (κ2) is 6.49. The Kier molecular flexibility index (Phi) is 5.55. The van der Waals surface area contributed by atoms with Gasteiger partial charge in [0, 0.05) is 13.1 Å². The van der Waals surface area contributed by atoms with Crippen molar-refractivity contribution in [2.45, 2.75) is 31.7 Å². The summed E-state index contributed by atoms with van der Waals surface area (Å²) in [5.74, 6) is -0.485. The third kappa shape index (κ3) is 3.66. The molecule has 0 amide bonds. The number of ether oxygens (including phenoxy) is 1. The van der Waals surface area contributed by atoms with E-state index >= 15 is 0 Å². The average Bonchev–Trinajstić information content (AvgIpc) is 2.82. The van der Waals surface area contributed by atoms with E-state index in [4.69, 9.17) is 5.73 Å². The normalized spacial score (nSPS) is 24.4. The van der Waals surface area contributed by atoms with Gasteiger partial charge >= 0.3 is 5.97 Å². The van der Waals surface area contributed by atoms with Gasteiger partial charge in [-0.1, -0.05) is 6.42 Å². The van der Waals surface area contributed by atoms with E-state index in [-0.39, 0.29) is 24.1 Å². The first kappa shape index (κ1) is 15.4. The Bertz CT molecular complexity index is 383. The fourth-order valence-corrected chi connectivity index (χ4v) is 3.84. The van der Waals surface area contributed by atoms with Gasteiger partial charge in [-0.2, -0.15) is 0 Å². The van der Waals surface area contributed by atoms with Gasteiger partial charge in [0.1, 0.15) is 0 Å². The van der Waals surface area contributed by atoms with Gasteiger partial charge in [-0.05, 0) is 25.3 Å². The Labute approximate surface area is 109 Å². The molecule has 18 heavy (non-hydrogen) atoms. The molecule has 1 aliphatic rings. The summed E-state index contributed by atoms with van der Waals surface area (Å²) in [6.07, 6.45) is 2.71. The van der Waals surface area contributed by atoms with Crippen LogP contribution in [0.2, 0.25) is 0 Å². The second-order valence-corrected chi connectivity index (χ2v) is 6.80. The summed E-state index contributed by atoms with van der Waals surface area (Å²) in [5.41, 5.74) is 5.65. The standard InChI is InChI=1S/C11H22N2O4S/c1-13(10-5-3-4-9(10)8-12)18(15,16)7-6-11(14)17-2/h9-10H,3-8,12H2,1-2H3. The molecule has 2 atom stereocenters. The Balaban J connectivity index is 2.63. The summed E-state index contributed by atoms with van der Waals surface area (Å²) in [4.78, 5) is 11.0. The highest BCUT2D eigenvalue weighted by Gasteiger charge is 2.35. The van der Waals surface area contributed by atoms with E-state index in [1.807, 2.05) is 0 Å². The minimum Gasteiger partial charge on any atom is -0.469 e. The number of nitrogens with zero attached hydrogens (tertiary/aromatic N) is 1. The van der Waals surface area contributed by atoms with Crippen LogP contribution < -0.4 is 5.73 Å². The van der Waals surface area contributed by atoms with Gasteiger partial charge in [-0.25, -0.2) is 12.7 Å². The molecule has 0 aromatic heterocycles. The smallest absolute Gasteiger partial charge is 0.306 e. The largest absolute Gasteiger partial charge is 0.469 e. The maximum atomic E-state index is 12.1. The maximum Gasteiger partial charge on any atom is 0.306 e. The Hall–Kier alpha value is -0.660. The first-order valence-corrected chi connectivity index (χ1v) is 7.76. The molecule has 0 spiro atoms. The molecule has 2 unspecified atom stereocenters. The number of sulfonamides is 1. The van der Waals surface area contributed by atoms with Gasteiger partial charge in [0.05, 0.1) is 19.3 Å². The summed E-state index contributed by atoms with van der Waals surface area (Å²) in [5, 5.41) is 0. The monoisotopic (exact) mass is 278 g/mol. The van der Waals surface area contributed by atoms with Crippen LogP contribution in [0, 0.1) is 5.92 Å². The van der Waals surface area contributed by atoms with E-state index in [0.29, 0.717) is 6.54 Å². The van der Waals surface area contributed by atoms with Crippen LogP contribution >= 0.6 is 0 Å². The summed E-state index contributed by atoms with van der Waals surface area (Å²) in [7, 11) is -0.590. The molecular formula is C11H22N2O4S. The van der Waals surface area contributed by atoms with Crippen molar-refractivity contribution in [3.63, 3.8) is 0 Å². The van der Waals surface area contributed by atoms with Crippen LogP contribution in [0.15, 0.2) is 0 Å². The van der Waals surface area contributed by atoms with Gasteiger partial charge in [0.2, 0.25) is 10.0 Å². The number of nitrogens with two attached hydrogens (primary N) is 1. The highest BCUT2D eigenvalue weighted by atomic mass is 32.2. The number of hydrogen-bond donors (Lipinski definition) is 1. The van der Waals surface area contributed by atoms with Gasteiger partial charge in [-0.15, -0.1) is 0 Å². The summed E-state index contributed by atoms with van der Waals surface area (Å²) in [6, 6.07) is -0.0300. The molecule has 0 aliphatic heterocycles. The van der Waals surface area contributed by atoms with Crippen molar-refractivity contribution < 1.29 is 17.9 Å². The number of carbonyl (C=O) groups is 1. The molecule has 0 radical (unpaired) electrons. The average molecular weight is 278 g/mol. The Morgan fingerprint density at radius 1 is 1.44 bits per heavy atom. The van der Waals surface area contributed by atoms with Gasteiger partial charge in [0.25, 0.3) is 0 Å². The summed E-state index contributed by atoms with van der Waals surface area (Å²) in [6.45, 7) is 0.502. The SMILES string of the molecule is COC(=O)CCS(=O)(=O)N(C)C1CCCC1CN. The zero-order chi connectivity index (χ0) is 13.8. The molecule has 0 bridgehead atoms. The predicted octanol–water partition coefficient (Wildman–Crippen LogP) is -0.0615. The third-order valence-electron chi connectivity index (χ3n) is 3.62. The molecule has 0 heterocycles. The molecule has 0 saturated heterocycles. The summed E-state index contributed by atoms with van der Waals surface area (Å²) < 4.78 is 30.0. The lowest BCUT2D eigenvalue weighted by molar-refractivity contribution is -0.140. The van der Waals surface area contributed by atoms with Crippen LogP contribution in [0.3, 0.4) is 0 Å². The molecule has 106 valence electrons. The molecule has 2 N–H and O–H groups in total. The molecular weight excluding hydrogens is 256 g/mol. The first-order chi connectivity index (χ1) is 8.42. The van der Waals surface area contributed by atoms with E-state index in [0.717, 1.165) is 19.3 Å². The van der Waals surface area contributed by atoms with Crippen molar-refractivity contribution in [1.29, 1.82) is 0 Å². The fraction of sp³-hybridized carbons (Fsp3) is 0.909. The van der Waals surface area contributed by atoms with Crippen LogP contribution in [-0.4, -0.2) is 51.2 Å². The Morgan fingerprint density at radius 3 is 2.67 bits per heavy atom. The van der Waals surface area contributed by atoms with Crippen molar-refractivity contribution in [1.82, 2.24) is 4.31 Å². The first-order valence-electron chi connectivity index (χ1n) is 6.15. The predicted molar refractivity (Wildman–Crippen MR) is 68.4 cm³/mol. The van der Waals surface area contributed by atoms with E-state index in [2.05, 4.69) is 4.74 Å². The van der Waals surface area contributed by atoms with Gasteiger partial charge < -0.3 is 10.5 Å². The van der Waals surface area contributed by atoms with Crippen molar-refractivity contribution in [3.05, 3.63) is 0 Å². The van der Waals surface area contributed by atoms with E-state index in [1.54, 1.807) is 7.05 Å². The lowest BCUT2D eigenvalue weighted by Crippen LogP contribution is -2.42. The van der Waals surface area contributed by atoms with Gasteiger partial charge in [-0.3, -0.25) is 4.79 Å². The van der Waals surface area contributed by atoms with Crippen molar-refractivity contribution >= 4 is 16.0 Å². The lowest BCUT2D eigenvalue weighted by Gasteiger charge is -2.28. The van der Waals surface area contributed by atoms with Crippen LogP contribution in [0.4, 0.5) is 0 Å². The van der Waals surface area contributed by atoms with Crippen molar-refractivity contribution in [3.8, 4) is 0 Å². The van der Waals surface area contributed by atoms with E-state index in [1.165, 1.54) is 11.4 Å². The minimum atomic E-state index is -3.41. The molecule has 0 aromatic rings. The van der Waals surface area contributed by atoms with Crippen molar-refractivity contribution in [2.75, 3.05) is 26.5 Å². The molecule has 0 aromatic carbocycles. The fourth-order valence-electron chi connectivity index (χ4n) is 2.44.